The number of benzene rings is 2. The molecule has 1 amide bonds. The highest BCUT2D eigenvalue weighted by Crippen LogP contribution is 2.18. The van der Waals surface area contributed by atoms with Crippen molar-refractivity contribution in [2.45, 2.75) is 13.5 Å². The zero-order valence-electron chi connectivity index (χ0n) is 12.5. The van der Waals surface area contributed by atoms with Crippen LogP contribution in [-0.4, -0.2) is 24.9 Å². The Balaban J connectivity index is 2.17. The number of hydrogen-bond donors (Lipinski definition) is 1. The van der Waals surface area contributed by atoms with Crippen molar-refractivity contribution in [3.63, 3.8) is 0 Å². The first kappa shape index (κ1) is 15.7. The van der Waals surface area contributed by atoms with E-state index < -0.39 is 0 Å². The van der Waals surface area contributed by atoms with Crippen LogP contribution in [0.3, 0.4) is 0 Å². The lowest BCUT2D eigenvalue weighted by Crippen LogP contribution is -2.14. The van der Waals surface area contributed by atoms with Crippen LogP contribution < -0.4 is 5.32 Å². The van der Waals surface area contributed by atoms with Gasteiger partial charge >= 0.3 is 0 Å². The lowest BCUT2D eigenvalue weighted by Gasteiger charge is -2.12. The first-order valence-electron chi connectivity index (χ1n) is 6.77. The fraction of sp³-hybridized carbons (Fsp3) is 0.235. The van der Waals surface area contributed by atoms with Gasteiger partial charge in [-0.1, -0.05) is 34.1 Å². The highest BCUT2D eigenvalue weighted by Gasteiger charge is 2.10. The largest absolute Gasteiger partial charge is 0.322 e. The zero-order valence-corrected chi connectivity index (χ0v) is 14.1. The summed E-state index contributed by atoms with van der Waals surface area (Å²) in [5.41, 5.74) is 3.63. The van der Waals surface area contributed by atoms with E-state index in [-0.39, 0.29) is 5.91 Å². The molecule has 0 aliphatic carbocycles. The van der Waals surface area contributed by atoms with Gasteiger partial charge in [0.1, 0.15) is 0 Å². The standard InChI is InChI=1S/C17H19BrN2O/c1-12-7-8-14(18)10-16(12)17(21)19-15-6-4-5-13(9-15)11-20(2)3/h4-10H,11H2,1-3H3,(H,19,21). The average molecular weight is 347 g/mol. The number of carbonyl (C=O) groups is 1. The quantitative estimate of drug-likeness (QED) is 0.904. The fourth-order valence-corrected chi connectivity index (χ4v) is 2.51. The third-order valence-corrected chi connectivity index (χ3v) is 3.62. The maximum absolute atomic E-state index is 12.4. The van der Waals surface area contributed by atoms with E-state index in [1.807, 2.05) is 57.4 Å². The molecule has 4 heteroatoms. The molecule has 0 radical (unpaired) electrons. The van der Waals surface area contributed by atoms with Crippen molar-refractivity contribution in [3.8, 4) is 0 Å². The van der Waals surface area contributed by atoms with Gasteiger partial charge in [-0.15, -0.1) is 0 Å². The van der Waals surface area contributed by atoms with Gasteiger partial charge in [0.25, 0.3) is 5.91 Å². The third-order valence-electron chi connectivity index (χ3n) is 3.13. The van der Waals surface area contributed by atoms with Crippen LogP contribution in [0.4, 0.5) is 5.69 Å². The van der Waals surface area contributed by atoms with Gasteiger partial charge in [-0.05, 0) is 56.4 Å². The Bertz CT molecular complexity index is 653. The minimum Gasteiger partial charge on any atom is -0.322 e. The Labute approximate surface area is 134 Å². The number of aryl methyl sites for hydroxylation is 1. The first-order valence-corrected chi connectivity index (χ1v) is 7.56. The molecule has 2 aromatic carbocycles. The number of anilines is 1. The molecule has 0 aromatic heterocycles. The van der Waals surface area contributed by atoms with Crippen LogP contribution in [0.25, 0.3) is 0 Å². The molecule has 110 valence electrons. The molecule has 0 aliphatic heterocycles. The van der Waals surface area contributed by atoms with Crippen molar-refractivity contribution in [1.82, 2.24) is 4.90 Å². The Morgan fingerprint density at radius 3 is 2.67 bits per heavy atom. The lowest BCUT2D eigenvalue weighted by molar-refractivity contribution is 0.102. The lowest BCUT2D eigenvalue weighted by atomic mass is 10.1. The summed E-state index contributed by atoms with van der Waals surface area (Å²) in [6, 6.07) is 13.6. The molecule has 0 saturated carbocycles. The number of nitrogens with one attached hydrogen (secondary N) is 1. The molecule has 0 aliphatic rings. The molecule has 0 heterocycles. The summed E-state index contributed by atoms with van der Waals surface area (Å²) in [5, 5.41) is 2.96. The predicted molar refractivity (Wildman–Crippen MR) is 90.7 cm³/mol. The van der Waals surface area contributed by atoms with E-state index in [0.29, 0.717) is 5.56 Å². The first-order chi connectivity index (χ1) is 9.95. The maximum Gasteiger partial charge on any atom is 0.255 e. The van der Waals surface area contributed by atoms with Crippen molar-refractivity contribution in [1.29, 1.82) is 0 Å². The zero-order chi connectivity index (χ0) is 15.4. The molecule has 2 rings (SSSR count). The summed E-state index contributed by atoms with van der Waals surface area (Å²) in [6.45, 7) is 2.78. The van der Waals surface area contributed by atoms with Crippen molar-refractivity contribution in [3.05, 3.63) is 63.6 Å². The van der Waals surface area contributed by atoms with E-state index in [9.17, 15) is 4.79 Å². The summed E-state index contributed by atoms with van der Waals surface area (Å²) in [5.74, 6) is -0.0872. The van der Waals surface area contributed by atoms with E-state index in [1.54, 1.807) is 0 Å². The molecular weight excluding hydrogens is 328 g/mol. The summed E-state index contributed by atoms with van der Waals surface area (Å²) in [7, 11) is 4.05. The minimum atomic E-state index is -0.0872. The van der Waals surface area contributed by atoms with Gasteiger partial charge in [0.05, 0.1) is 0 Å². The Kier molecular flexibility index (Phi) is 5.15. The van der Waals surface area contributed by atoms with Gasteiger partial charge in [-0.25, -0.2) is 0 Å². The minimum absolute atomic E-state index is 0.0872. The Hall–Kier alpha value is -1.65. The van der Waals surface area contributed by atoms with Crippen molar-refractivity contribution in [2.75, 3.05) is 19.4 Å². The number of carbonyl (C=O) groups excluding carboxylic acids is 1. The van der Waals surface area contributed by atoms with Crippen molar-refractivity contribution < 1.29 is 4.79 Å². The summed E-state index contributed by atoms with van der Waals surface area (Å²) in [6.07, 6.45) is 0. The molecule has 2 aromatic rings. The van der Waals surface area contributed by atoms with E-state index in [4.69, 9.17) is 0 Å². The average Bonchev–Trinajstić information content (AvgIpc) is 2.41. The van der Waals surface area contributed by atoms with Crippen molar-refractivity contribution in [2.24, 2.45) is 0 Å². The number of halogens is 1. The molecule has 3 nitrogen and oxygen atoms in total. The van der Waals surface area contributed by atoms with Crippen LogP contribution >= 0.6 is 15.9 Å². The number of hydrogen-bond acceptors (Lipinski definition) is 2. The summed E-state index contributed by atoms with van der Waals surface area (Å²) in [4.78, 5) is 14.5. The van der Waals surface area contributed by atoms with E-state index in [2.05, 4.69) is 32.2 Å². The van der Waals surface area contributed by atoms with Crippen LogP contribution in [0.1, 0.15) is 21.5 Å². The highest BCUT2D eigenvalue weighted by molar-refractivity contribution is 9.10. The van der Waals surface area contributed by atoms with Gasteiger partial charge < -0.3 is 10.2 Å². The van der Waals surface area contributed by atoms with E-state index in [0.717, 1.165) is 22.3 Å². The second-order valence-electron chi connectivity index (χ2n) is 5.35. The van der Waals surface area contributed by atoms with Crippen LogP contribution in [0.2, 0.25) is 0 Å². The molecule has 0 atom stereocenters. The summed E-state index contributed by atoms with van der Waals surface area (Å²) < 4.78 is 0.902. The SMILES string of the molecule is Cc1ccc(Br)cc1C(=O)Nc1cccc(CN(C)C)c1. The van der Waals surface area contributed by atoms with Crippen molar-refractivity contribution >= 4 is 27.5 Å². The van der Waals surface area contributed by atoms with Crippen LogP contribution in [0, 0.1) is 6.92 Å². The van der Waals surface area contributed by atoms with E-state index >= 15 is 0 Å². The number of nitrogens with zero attached hydrogens (tertiary/aromatic N) is 1. The van der Waals surface area contributed by atoms with Gasteiger partial charge in [-0.2, -0.15) is 0 Å². The molecule has 0 unspecified atom stereocenters. The monoisotopic (exact) mass is 346 g/mol. The summed E-state index contributed by atoms with van der Waals surface area (Å²) >= 11 is 3.40. The van der Waals surface area contributed by atoms with Crippen LogP contribution in [0.5, 0.6) is 0 Å². The van der Waals surface area contributed by atoms with Gasteiger partial charge in [0, 0.05) is 22.3 Å². The molecule has 0 saturated heterocycles. The van der Waals surface area contributed by atoms with Crippen LogP contribution in [0.15, 0.2) is 46.9 Å². The fourth-order valence-electron chi connectivity index (χ4n) is 2.15. The van der Waals surface area contributed by atoms with E-state index in [1.165, 1.54) is 5.56 Å². The van der Waals surface area contributed by atoms with Gasteiger partial charge in [0.2, 0.25) is 0 Å². The third kappa shape index (κ3) is 4.41. The smallest absolute Gasteiger partial charge is 0.255 e. The van der Waals surface area contributed by atoms with Gasteiger partial charge in [-0.3, -0.25) is 4.79 Å². The second kappa shape index (κ2) is 6.87. The highest BCUT2D eigenvalue weighted by atomic mass is 79.9. The normalized spacial score (nSPS) is 10.7. The van der Waals surface area contributed by atoms with Crippen LogP contribution in [-0.2, 0) is 6.54 Å². The maximum atomic E-state index is 12.4. The molecule has 0 spiro atoms. The predicted octanol–water partition coefficient (Wildman–Crippen LogP) is 4.07. The second-order valence-corrected chi connectivity index (χ2v) is 6.27. The number of amides is 1. The van der Waals surface area contributed by atoms with Gasteiger partial charge in [0.15, 0.2) is 0 Å². The molecular formula is C17H19BrN2O. The molecule has 1 N–H and O–H groups in total. The Morgan fingerprint density at radius 1 is 1.19 bits per heavy atom. The number of rotatable bonds is 4. The Morgan fingerprint density at radius 2 is 1.95 bits per heavy atom. The molecule has 0 bridgehead atoms. The molecule has 21 heavy (non-hydrogen) atoms. The molecule has 0 fully saturated rings. The topological polar surface area (TPSA) is 32.3 Å².